The van der Waals surface area contributed by atoms with Crippen molar-refractivity contribution in [3.05, 3.63) is 35.5 Å². The summed E-state index contributed by atoms with van der Waals surface area (Å²) >= 11 is 0. The SMILES string of the molecule is C=C1CC[C@@H](O)/C(C)=C\C[C@@H]2[C@@H]1C[C@@]2(C)CC(O)C=C(C)C. The molecule has 0 saturated heterocycles. The first kappa shape index (κ1) is 17.5. The Morgan fingerprint density at radius 2 is 2.18 bits per heavy atom. The van der Waals surface area contributed by atoms with E-state index in [1.807, 2.05) is 26.8 Å². The van der Waals surface area contributed by atoms with Gasteiger partial charge in [0.05, 0.1) is 12.2 Å². The van der Waals surface area contributed by atoms with Gasteiger partial charge in [-0.25, -0.2) is 0 Å². The summed E-state index contributed by atoms with van der Waals surface area (Å²) in [6.07, 6.45) is 8.14. The third-order valence-corrected chi connectivity index (χ3v) is 5.75. The van der Waals surface area contributed by atoms with Crippen LogP contribution in [0.2, 0.25) is 0 Å². The second-order valence-corrected chi connectivity index (χ2v) is 7.98. The second-order valence-electron chi connectivity index (χ2n) is 7.98. The monoisotopic (exact) mass is 304 g/mol. The Balaban J connectivity index is 2.13. The van der Waals surface area contributed by atoms with Gasteiger partial charge in [0.25, 0.3) is 0 Å². The Morgan fingerprint density at radius 1 is 1.50 bits per heavy atom. The zero-order chi connectivity index (χ0) is 16.5. The zero-order valence-electron chi connectivity index (χ0n) is 14.6. The van der Waals surface area contributed by atoms with Gasteiger partial charge in [-0.3, -0.25) is 0 Å². The summed E-state index contributed by atoms with van der Waals surface area (Å²) in [5.74, 6) is 1.10. The maximum absolute atomic E-state index is 10.3. The van der Waals surface area contributed by atoms with E-state index in [0.717, 1.165) is 37.7 Å². The van der Waals surface area contributed by atoms with Crippen LogP contribution in [0.3, 0.4) is 0 Å². The molecule has 2 heteroatoms. The fraction of sp³-hybridized carbons (Fsp3) is 0.700. The summed E-state index contributed by atoms with van der Waals surface area (Å²) in [6.45, 7) is 12.7. The van der Waals surface area contributed by atoms with Gasteiger partial charge in [-0.05, 0) is 75.7 Å². The molecule has 5 atom stereocenters. The molecule has 0 aliphatic heterocycles. The van der Waals surface area contributed by atoms with E-state index in [1.165, 1.54) is 11.1 Å². The molecule has 2 N–H and O–H groups in total. The third kappa shape index (κ3) is 3.72. The van der Waals surface area contributed by atoms with E-state index in [0.29, 0.717) is 11.8 Å². The van der Waals surface area contributed by atoms with Gasteiger partial charge in [0.15, 0.2) is 0 Å². The molecule has 0 radical (unpaired) electrons. The highest BCUT2D eigenvalue weighted by molar-refractivity contribution is 5.19. The summed E-state index contributed by atoms with van der Waals surface area (Å²) in [7, 11) is 0. The van der Waals surface area contributed by atoms with Gasteiger partial charge in [0.2, 0.25) is 0 Å². The molecule has 2 aliphatic carbocycles. The molecule has 22 heavy (non-hydrogen) atoms. The summed E-state index contributed by atoms with van der Waals surface area (Å²) in [6, 6.07) is 0. The van der Waals surface area contributed by atoms with Crippen molar-refractivity contribution in [2.75, 3.05) is 0 Å². The molecule has 0 bridgehead atoms. The minimum atomic E-state index is -0.354. The largest absolute Gasteiger partial charge is 0.389 e. The van der Waals surface area contributed by atoms with Crippen LogP contribution in [-0.2, 0) is 0 Å². The normalized spacial score (nSPS) is 39.3. The highest BCUT2D eigenvalue weighted by atomic mass is 16.3. The van der Waals surface area contributed by atoms with Crippen LogP contribution in [0, 0.1) is 17.3 Å². The molecule has 1 fully saturated rings. The van der Waals surface area contributed by atoms with E-state index < -0.39 is 0 Å². The van der Waals surface area contributed by atoms with E-state index in [2.05, 4.69) is 19.6 Å². The van der Waals surface area contributed by atoms with Gasteiger partial charge in [-0.15, -0.1) is 0 Å². The first-order valence-electron chi connectivity index (χ1n) is 8.58. The van der Waals surface area contributed by atoms with Crippen molar-refractivity contribution in [1.29, 1.82) is 0 Å². The predicted molar refractivity (Wildman–Crippen MR) is 92.5 cm³/mol. The van der Waals surface area contributed by atoms with Gasteiger partial charge >= 0.3 is 0 Å². The van der Waals surface area contributed by atoms with Crippen LogP contribution in [0.1, 0.15) is 59.8 Å². The second kappa shape index (κ2) is 6.72. The average Bonchev–Trinajstić information content (AvgIpc) is 2.43. The van der Waals surface area contributed by atoms with Gasteiger partial charge in [0, 0.05) is 0 Å². The molecule has 124 valence electrons. The topological polar surface area (TPSA) is 40.5 Å². The Hall–Kier alpha value is -0.860. The molecule has 1 saturated carbocycles. The Labute approximate surface area is 135 Å². The van der Waals surface area contributed by atoms with Crippen LogP contribution in [0.15, 0.2) is 35.5 Å². The predicted octanol–water partition coefficient (Wildman–Crippen LogP) is 4.39. The Bertz CT molecular complexity index is 484. The number of aliphatic hydroxyl groups is 2. The van der Waals surface area contributed by atoms with Crippen LogP contribution in [0.5, 0.6) is 0 Å². The lowest BCUT2D eigenvalue weighted by Gasteiger charge is -2.55. The number of fused-ring (bicyclic) bond motifs is 1. The van der Waals surface area contributed by atoms with Crippen LogP contribution in [0.25, 0.3) is 0 Å². The standard InChI is InChI=1S/C20H32O2/c1-13(2)10-16(21)11-20(5)12-17-14(3)7-9-19(22)15(4)6-8-18(17)20/h6,10,16-19,21-22H,3,7-9,11-12H2,1-2,4-5H3/b15-6-/t16?,17-,18-,19-,20-/m1/s1. The van der Waals surface area contributed by atoms with Crippen molar-refractivity contribution >= 4 is 0 Å². The third-order valence-electron chi connectivity index (χ3n) is 5.75. The lowest BCUT2D eigenvalue weighted by molar-refractivity contribution is -0.0377. The Kier molecular flexibility index (Phi) is 5.34. The molecule has 1 unspecified atom stereocenters. The van der Waals surface area contributed by atoms with Gasteiger partial charge in [-0.2, -0.15) is 0 Å². The fourth-order valence-electron chi connectivity index (χ4n) is 4.34. The minimum absolute atomic E-state index is 0.172. The Morgan fingerprint density at radius 3 is 2.82 bits per heavy atom. The van der Waals surface area contributed by atoms with E-state index >= 15 is 0 Å². The van der Waals surface area contributed by atoms with E-state index in [9.17, 15) is 10.2 Å². The van der Waals surface area contributed by atoms with Crippen LogP contribution >= 0.6 is 0 Å². The van der Waals surface area contributed by atoms with Crippen molar-refractivity contribution in [2.24, 2.45) is 17.3 Å². The molecule has 2 nitrogen and oxygen atoms in total. The highest BCUT2D eigenvalue weighted by Gasteiger charge is 2.50. The average molecular weight is 304 g/mol. The fourth-order valence-corrected chi connectivity index (χ4v) is 4.34. The quantitative estimate of drug-likeness (QED) is 0.759. The molecule has 2 rings (SSSR count). The van der Waals surface area contributed by atoms with Crippen molar-refractivity contribution in [3.8, 4) is 0 Å². The smallest absolute Gasteiger partial charge is 0.0750 e. The van der Waals surface area contributed by atoms with Gasteiger partial charge in [-0.1, -0.05) is 36.8 Å². The van der Waals surface area contributed by atoms with Gasteiger partial charge in [0.1, 0.15) is 0 Å². The number of aliphatic hydroxyl groups excluding tert-OH is 2. The van der Waals surface area contributed by atoms with E-state index in [1.54, 1.807) is 0 Å². The van der Waals surface area contributed by atoms with E-state index in [-0.39, 0.29) is 17.6 Å². The first-order chi connectivity index (χ1) is 10.2. The molecule has 0 spiro atoms. The molecule has 0 aromatic heterocycles. The maximum Gasteiger partial charge on any atom is 0.0750 e. The zero-order valence-corrected chi connectivity index (χ0v) is 14.6. The van der Waals surface area contributed by atoms with Crippen molar-refractivity contribution in [1.82, 2.24) is 0 Å². The molecular formula is C20H32O2. The number of rotatable bonds is 3. The molecular weight excluding hydrogens is 272 g/mol. The lowest BCUT2D eigenvalue weighted by Crippen LogP contribution is -2.48. The summed E-state index contributed by atoms with van der Waals surface area (Å²) in [4.78, 5) is 0. The summed E-state index contributed by atoms with van der Waals surface area (Å²) < 4.78 is 0. The molecule has 0 aromatic rings. The maximum atomic E-state index is 10.3. The first-order valence-corrected chi connectivity index (χ1v) is 8.58. The number of hydrogen-bond acceptors (Lipinski definition) is 2. The van der Waals surface area contributed by atoms with Crippen molar-refractivity contribution in [3.63, 3.8) is 0 Å². The molecule has 0 amide bonds. The number of hydrogen-bond donors (Lipinski definition) is 2. The summed E-state index contributed by atoms with van der Waals surface area (Å²) in [5.41, 5.74) is 3.73. The molecule has 0 heterocycles. The van der Waals surface area contributed by atoms with E-state index in [4.69, 9.17) is 0 Å². The van der Waals surface area contributed by atoms with Crippen molar-refractivity contribution < 1.29 is 10.2 Å². The van der Waals surface area contributed by atoms with Crippen LogP contribution < -0.4 is 0 Å². The molecule has 2 aliphatic rings. The number of allylic oxidation sites excluding steroid dienone is 3. The van der Waals surface area contributed by atoms with Gasteiger partial charge < -0.3 is 10.2 Å². The van der Waals surface area contributed by atoms with Crippen LogP contribution in [0.4, 0.5) is 0 Å². The molecule has 0 aromatic carbocycles. The lowest BCUT2D eigenvalue weighted by atomic mass is 9.50. The summed E-state index contributed by atoms with van der Waals surface area (Å²) in [5, 5.41) is 20.4. The van der Waals surface area contributed by atoms with Crippen molar-refractivity contribution in [2.45, 2.75) is 72.0 Å². The minimum Gasteiger partial charge on any atom is -0.389 e. The van der Waals surface area contributed by atoms with Crippen LogP contribution in [-0.4, -0.2) is 22.4 Å². The highest BCUT2D eigenvalue weighted by Crippen LogP contribution is 2.58.